The van der Waals surface area contributed by atoms with Crippen LogP contribution in [-0.4, -0.2) is 46.4 Å². The molecule has 1 aromatic carbocycles. The zero-order valence-electron chi connectivity index (χ0n) is 13.0. The number of carboxylic acid groups (broad SMARTS) is 1. The highest BCUT2D eigenvalue weighted by atomic mass is 35.5. The van der Waals surface area contributed by atoms with Gasteiger partial charge in [0.25, 0.3) is 0 Å². The molecule has 0 saturated heterocycles. The third-order valence-corrected chi connectivity index (χ3v) is 3.30. The largest absolute Gasteiger partial charge is 0.497 e. The van der Waals surface area contributed by atoms with Crippen molar-refractivity contribution in [2.75, 3.05) is 24.9 Å². The maximum absolute atomic E-state index is 11.6. The van der Waals surface area contributed by atoms with Gasteiger partial charge in [-0.15, -0.1) is 11.6 Å². The maximum Gasteiger partial charge on any atom is 0.354 e. The van der Waals surface area contributed by atoms with E-state index in [0.29, 0.717) is 12.3 Å². The van der Waals surface area contributed by atoms with E-state index in [1.165, 1.54) is 10.7 Å². The fourth-order valence-electron chi connectivity index (χ4n) is 2.00. The number of halogens is 1. The Labute approximate surface area is 143 Å². The zero-order valence-corrected chi connectivity index (χ0v) is 13.7. The molecule has 2 rings (SSSR count). The molecule has 2 aromatic rings. The molecule has 3 N–H and O–H groups in total. The first kappa shape index (κ1) is 17.6. The van der Waals surface area contributed by atoms with E-state index in [1.54, 1.807) is 19.2 Å². The van der Waals surface area contributed by atoms with E-state index in [-0.39, 0.29) is 23.9 Å². The number of alkyl halides is 1. The van der Waals surface area contributed by atoms with Crippen LogP contribution in [0.1, 0.15) is 16.1 Å². The van der Waals surface area contributed by atoms with Gasteiger partial charge in [-0.1, -0.05) is 12.1 Å². The molecule has 0 atom stereocenters. The van der Waals surface area contributed by atoms with Crippen molar-refractivity contribution in [3.05, 3.63) is 41.6 Å². The summed E-state index contributed by atoms with van der Waals surface area (Å²) in [5, 5.41) is 18.4. The van der Waals surface area contributed by atoms with E-state index in [1.807, 2.05) is 12.1 Å². The topological polar surface area (TPSA) is 105 Å². The SMILES string of the molecule is COc1ccc(Cn2nc(NC(=O)NCCCl)cc2C(=O)O)cc1. The summed E-state index contributed by atoms with van der Waals surface area (Å²) in [6.07, 6.45) is 0. The Bertz CT molecular complexity index is 715. The van der Waals surface area contributed by atoms with Crippen molar-refractivity contribution in [3.63, 3.8) is 0 Å². The van der Waals surface area contributed by atoms with Gasteiger partial charge in [0, 0.05) is 18.5 Å². The molecule has 0 aliphatic heterocycles. The number of anilines is 1. The first-order valence-corrected chi connectivity index (χ1v) is 7.62. The Hall–Kier alpha value is -2.74. The summed E-state index contributed by atoms with van der Waals surface area (Å²) in [5.41, 5.74) is 0.818. The second kappa shape index (κ2) is 8.21. The van der Waals surface area contributed by atoms with Gasteiger partial charge >= 0.3 is 12.0 Å². The molecule has 0 fully saturated rings. The summed E-state index contributed by atoms with van der Waals surface area (Å²) in [4.78, 5) is 23.0. The number of methoxy groups -OCH3 is 1. The fourth-order valence-corrected chi connectivity index (χ4v) is 2.09. The third-order valence-electron chi connectivity index (χ3n) is 3.11. The molecule has 128 valence electrons. The molecule has 9 heteroatoms. The van der Waals surface area contributed by atoms with Crippen molar-refractivity contribution in [3.8, 4) is 5.75 Å². The number of aromatic nitrogens is 2. The predicted molar refractivity (Wildman–Crippen MR) is 89.0 cm³/mol. The van der Waals surface area contributed by atoms with Gasteiger partial charge in [0.15, 0.2) is 5.82 Å². The molecule has 1 aromatic heterocycles. The Morgan fingerprint density at radius 3 is 2.62 bits per heavy atom. The Morgan fingerprint density at radius 2 is 2.04 bits per heavy atom. The zero-order chi connectivity index (χ0) is 17.5. The van der Waals surface area contributed by atoms with Gasteiger partial charge in [0.05, 0.1) is 13.7 Å². The minimum absolute atomic E-state index is 0.0292. The number of amides is 2. The second-order valence-electron chi connectivity index (χ2n) is 4.80. The average Bonchev–Trinajstić information content (AvgIpc) is 2.96. The Kier molecular flexibility index (Phi) is 6.02. The van der Waals surface area contributed by atoms with Gasteiger partial charge in [-0.25, -0.2) is 9.59 Å². The van der Waals surface area contributed by atoms with E-state index in [0.717, 1.165) is 5.56 Å². The Balaban J connectivity index is 2.15. The Morgan fingerprint density at radius 1 is 1.33 bits per heavy atom. The van der Waals surface area contributed by atoms with Crippen LogP contribution in [0.3, 0.4) is 0 Å². The van der Waals surface area contributed by atoms with Gasteiger partial charge in [0.1, 0.15) is 11.4 Å². The van der Waals surface area contributed by atoms with Crippen molar-refractivity contribution < 1.29 is 19.4 Å². The number of nitrogens with zero attached hydrogens (tertiary/aromatic N) is 2. The van der Waals surface area contributed by atoms with Crippen LogP contribution in [0.25, 0.3) is 0 Å². The van der Waals surface area contributed by atoms with Crippen LogP contribution in [0.4, 0.5) is 10.6 Å². The van der Waals surface area contributed by atoms with Crippen LogP contribution < -0.4 is 15.4 Å². The number of carbonyl (C=O) groups excluding carboxylic acids is 1. The molecule has 0 unspecified atom stereocenters. The first-order valence-electron chi connectivity index (χ1n) is 7.08. The van der Waals surface area contributed by atoms with Gasteiger partial charge in [-0.2, -0.15) is 5.10 Å². The summed E-state index contributed by atoms with van der Waals surface area (Å²) in [7, 11) is 1.57. The number of aromatic carboxylic acids is 1. The number of ether oxygens (including phenoxy) is 1. The molecule has 2 amide bonds. The van der Waals surface area contributed by atoms with Gasteiger partial charge in [-0.05, 0) is 17.7 Å². The van der Waals surface area contributed by atoms with Crippen molar-refractivity contribution in [1.82, 2.24) is 15.1 Å². The quantitative estimate of drug-likeness (QED) is 0.661. The fraction of sp³-hybridized carbons (Fsp3) is 0.267. The number of carboxylic acids is 1. The highest BCUT2D eigenvalue weighted by Gasteiger charge is 2.16. The standard InChI is InChI=1S/C15H17ClN4O4/c1-24-11-4-2-10(3-5-11)9-20-12(14(21)22)8-13(19-20)18-15(23)17-7-6-16/h2-5,8H,6-7,9H2,1H3,(H,21,22)(H2,17,18,19,23). The molecule has 1 heterocycles. The monoisotopic (exact) mass is 352 g/mol. The smallest absolute Gasteiger partial charge is 0.354 e. The van der Waals surface area contributed by atoms with Crippen molar-refractivity contribution in [1.29, 1.82) is 0 Å². The van der Waals surface area contributed by atoms with Crippen LogP contribution in [0.15, 0.2) is 30.3 Å². The number of hydrogen-bond acceptors (Lipinski definition) is 4. The van der Waals surface area contributed by atoms with Gasteiger partial charge < -0.3 is 15.2 Å². The van der Waals surface area contributed by atoms with E-state index in [2.05, 4.69) is 15.7 Å². The number of benzene rings is 1. The van der Waals surface area contributed by atoms with Gasteiger partial charge in [-0.3, -0.25) is 10.00 Å². The number of rotatable bonds is 7. The van der Waals surface area contributed by atoms with Crippen LogP contribution in [0.5, 0.6) is 5.75 Å². The lowest BCUT2D eigenvalue weighted by molar-refractivity contribution is 0.0684. The normalized spacial score (nSPS) is 10.2. The van der Waals surface area contributed by atoms with Crippen LogP contribution >= 0.6 is 11.6 Å². The predicted octanol–water partition coefficient (Wildman–Crippen LogP) is 2.00. The minimum atomic E-state index is -1.13. The molecule has 0 aliphatic carbocycles. The second-order valence-corrected chi connectivity index (χ2v) is 5.17. The number of urea groups is 1. The molecule has 0 bridgehead atoms. The maximum atomic E-state index is 11.6. The summed E-state index contributed by atoms with van der Waals surface area (Å²) in [6, 6.07) is 7.97. The summed E-state index contributed by atoms with van der Waals surface area (Å²) in [5.74, 6) is -0.00566. The number of carbonyl (C=O) groups is 2. The van der Waals surface area contributed by atoms with E-state index >= 15 is 0 Å². The van der Waals surface area contributed by atoms with Gasteiger partial charge in [0.2, 0.25) is 0 Å². The lowest BCUT2D eigenvalue weighted by Crippen LogP contribution is -2.30. The lowest BCUT2D eigenvalue weighted by Gasteiger charge is -2.06. The molecule has 8 nitrogen and oxygen atoms in total. The first-order chi connectivity index (χ1) is 11.5. The molecule has 0 saturated carbocycles. The van der Waals surface area contributed by atoms with Crippen molar-refractivity contribution >= 4 is 29.4 Å². The summed E-state index contributed by atoms with van der Waals surface area (Å²) < 4.78 is 6.39. The molecule has 0 aliphatic rings. The highest BCUT2D eigenvalue weighted by Crippen LogP contribution is 2.15. The molecule has 0 spiro atoms. The lowest BCUT2D eigenvalue weighted by atomic mass is 10.2. The van der Waals surface area contributed by atoms with E-state index in [9.17, 15) is 14.7 Å². The molecule has 24 heavy (non-hydrogen) atoms. The average molecular weight is 353 g/mol. The summed E-state index contributed by atoms with van der Waals surface area (Å²) in [6.45, 7) is 0.544. The third kappa shape index (κ3) is 4.63. The van der Waals surface area contributed by atoms with Crippen LogP contribution in [0.2, 0.25) is 0 Å². The summed E-state index contributed by atoms with van der Waals surface area (Å²) >= 11 is 5.48. The number of hydrogen-bond donors (Lipinski definition) is 3. The van der Waals surface area contributed by atoms with Crippen molar-refractivity contribution in [2.45, 2.75) is 6.54 Å². The van der Waals surface area contributed by atoms with Crippen molar-refractivity contribution in [2.24, 2.45) is 0 Å². The molecule has 0 radical (unpaired) electrons. The number of nitrogens with one attached hydrogen (secondary N) is 2. The molecular weight excluding hydrogens is 336 g/mol. The van der Waals surface area contributed by atoms with E-state index in [4.69, 9.17) is 16.3 Å². The molecular formula is C15H17ClN4O4. The minimum Gasteiger partial charge on any atom is -0.497 e. The van der Waals surface area contributed by atoms with Crippen LogP contribution in [-0.2, 0) is 6.54 Å². The van der Waals surface area contributed by atoms with E-state index < -0.39 is 12.0 Å². The van der Waals surface area contributed by atoms with Crippen LogP contribution in [0, 0.1) is 0 Å². The highest BCUT2D eigenvalue weighted by molar-refractivity contribution is 6.18.